The highest BCUT2D eigenvalue weighted by atomic mass is 79.9. The Labute approximate surface area is 124 Å². The van der Waals surface area contributed by atoms with Crippen LogP contribution >= 0.6 is 39.3 Å². The highest BCUT2D eigenvalue weighted by Gasteiger charge is 2.17. The van der Waals surface area contributed by atoms with E-state index in [1.807, 2.05) is 24.8 Å². The summed E-state index contributed by atoms with van der Waals surface area (Å²) in [6, 6.07) is 1.98. The van der Waals surface area contributed by atoms with Gasteiger partial charge in [-0.25, -0.2) is 9.97 Å². The van der Waals surface area contributed by atoms with Crippen LogP contribution in [0, 0.1) is 0 Å². The van der Waals surface area contributed by atoms with Crippen molar-refractivity contribution in [2.75, 3.05) is 6.26 Å². The maximum atomic E-state index is 6.22. The summed E-state index contributed by atoms with van der Waals surface area (Å²) in [5, 5.41) is 0.383. The maximum absolute atomic E-state index is 6.22. The number of fused-ring (bicyclic) bond motifs is 1. The Bertz CT molecular complexity index is 555. The molecule has 0 saturated carbocycles. The zero-order valence-electron chi connectivity index (χ0n) is 10.5. The fourth-order valence-corrected chi connectivity index (χ4v) is 2.60. The van der Waals surface area contributed by atoms with E-state index in [9.17, 15) is 0 Å². The Hall–Kier alpha value is -0.260. The lowest BCUT2D eigenvalue weighted by Gasteiger charge is -2.13. The van der Waals surface area contributed by atoms with Crippen LogP contribution in [0.3, 0.4) is 0 Å². The molecule has 2 heterocycles. The molecule has 18 heavy (non-hydrogen) atoms. The van der Waals surface area contributed by atoms with E-state index >= 15 is 0 Å². The fraction of sp³-hybridized carbons (Fsp3) is 0.500. The average molecular weight is 349 g/mol. The van der Waals surface area contributed by atoms with Crippen LogP contribution in [0.5, 0.6) is 0 Å². The van der Waals surface area contributed by atoms with Crippen molar-refractivity contribution in [2.24, 2.45) is 0 Å². The lowest BCUT2D eigenvalue weighted by molar-refractivity contribution is 0.660. The van der Waals surface area contributed by atoms with Gasteiger partial charge < -0.3 is 4.57 Å². The Morgan fingerprint density at radius 2 is 2.22 bits per heavy atom. The van der Waals surface area contributed by atoms with Crippen LogP contribution in [-0.4, -0.2) is 26.0 Å². The molecule has 2 rings (SSSR count). The van der Waals surface area contributed by atoms with Crippen molar-refractivity contribution in [1.82, 2.24) is 14.5 Å². The SMILES string of the molecule is CSC(C)Cn1c(C(C)Cl)nc2cc(Br)cnc21. The van der Waals surface area contributed by atoms with Gasteiger partial charge in [0.1, 0.15) is 11.3 Å². The van der Waals surface area contributed by atoms with Gasteiger partial charge in [-0.1, -0.05) is 6.92 Å². The smallest absolute Gasteiger partial charge is 0.160 e. The highest BCUT2D eigenvalue weighted by molar-refractivity contribution is 9.10. The van der Waals surface area contributed by atoms with Crippen molar-refractivity contribution < 1.29 is 0 Å². The zero-order chi connectivity index (χ0) is 13.3. The molecule has 0 saturated heterocycles. The molecule has 2 atom stereocenters. The number of aromatic nitrogens is 3. The van der Waals surface area contributed by atoms with Gasteiger partial charge >= 0.3 is 0 Å². The third-order valence-electron chi connectivity index (χ3n) is 2.78. The van der Waals surface area contributed by atoms with Crippen molar-refractivity contribution in [3.63, 3.8) is 0 Å². The normalized spacial score (nSPS) is 14.9. The number of imidazole rings is 1. The summed E-state index contributed by atoms with van der Waals surface area (Å²) in [5.41, 5.74) is 1.79. The Morgan fingerprint density at radius 1 is 1.50 bits per heavy atom. The first kappa shape index (κ1) is 14.2. The lowest BCUT2D eigenvalue weighted by Crippen LogP contribution is -2.13. The van der Waals surface area contributed by atoms with Crippen molar-refractivity contribution in [1.29, 1.82) is 0 Å². The molecule has 0 bridgehead atoms. The third-order valence-corrected chi connectivity index (χ3v) is 4.36. The highest BCUT2D eigenvalue weighted by Crippen LogP contribution is 2.26. The van der Waals surface area contributed by atoms with Crippen molar-refractivity contribution in [3.8, 4) is 0 Å². The van der Waals surface area contributed by atoms with Crippen LogP contribution in [-0.2, 0) is 6.54 Å². The van der Waals surface area contributed by atoms with E-state index in [4.69, 9.17) is 11.6 Å². The van der Waals surface area contributed by atoms with E-state index in [1.165, 1.54) is 0 Å². The summed E-state index contributed by atoms with van der Waals surface area (Å²) in [4.78, 5) is 9.05. The molecular formula is C12H15BrClN3S. The molecule has 0 aliphatic rings. The summed E-state index contributed by atoms with van der Waals surface area (Å²) in [5.74, 6) is 0.887. The van der Waals surface area contributed by atoms with Gasteiger partial charge in [-0.3, -0.25) is 0 Å². The molecule has 0 aliphatic carbocycles. The summed E-state index contributed by atoms with van der Waals surface area (Å²) >= 11 is 11.5. The minimum Gasteiger partial charge on any atom is -0.310 e. The molecule has 98 valence electrons. The molecule has 2 unspecified atom stereocenters. The number of thioether (sulfide) groups is 1. The van der Waals surface area contributed by atoms with E-state index in [-0.39, 0.29) is 5.38 Å². The monoisotopic (exact) mass is 347 g/mol. The van der Waals surface area contributed by atoms with Gasteiger partial charge in [0.05, 0.1) is 5.38 Å². The van der Waals surface area contributed by atoms with Crippen LogP contribution in [0.15, 0.2) is 16.7 Å². The summed E-state index contributed by atoms with van der Waals surface area (Å²) in [7, 11) is 0. The van der Waals surface area contributed by atoms with Crippen LogP contribution < -0.4 is 0 Å². The summed E-state index contributed by atoms with van der Waals surface area (Å²) in [6.45, 7) is 5.01. The molecule has 2 aromatic rings. The molecule has 2 aromatic heterocycles. The first-order chi connectivity index (χ1) is 8.52. The topological polar surface area (TPSA) is 30.7 Å². The molecule has 0 aliphatic heterocycles. The van der Waals surface area contributed by atoms with Gasteiger partial charge in [0.15, 0.2) is 5.65 Å². The van der Waals surface area contributed by atoms with Gasteiger partial charge in [0, 0.05) is 22.5 Å². The molecule has 0 spiro atoms. The molecule has 3 nitrogen and oxygen atoms in total. The van der Waals surface area contributed by atoms with Crippen LogP contribution in [0.2, 0.25) is 0 Å². The second-order valence-electron chi connectivity index (χ2n) is 4.24. The van der Waals surface area contributed by atoms with Gasteiger partial charge in [0.2, 0.25) is 0 Å². The van der Waals surface area contributed by atoms with Gasteiger partial charge in [-0.2, -0.15) is 11.8 Å². The van der Waals surface area contributed by atoms with Crippen molar-refractivity contribution in [3.05, 3.63) is 22.6 Å². The first-order valence-corrected chi connectivity index (χ1v) is 8.23. The number of alkyl halides is 1. The fourth-order valence-electron chi connectivity index (χ4n) is 1.82. The van der Waals surface area contributed by atoms with E-state index in [2.05, 4.69) is 43.6 Å². The third kappa shape index (κ3) is 2.83. The molecular weight excluding hydrogens is 334 g/mol. The number of hydrogen-bond donors (Lipinski definition) is 0. The average Bonchev–Trinajstić information content (AvgIpc) is 2.67. The van der Waals surface area contributed by atoms with Gasteiger partial charge in [-0.15, -0.1) is 11.6 Å². The zero-order valence-corrected chi connectivity index (χ0v) is 13.7. The number of hydrogen-bond acceptors (Lipinski definition) is 3. The quantitative estimate of drug-likeness (QED) is 0.774. The van der Waals surface area contributed by atoms with E-state index in [0.717, 1.165) is 28.0 Å². The second kappa shape index (κ2) is 5.80. The largest absolute Gasteiger partial charge is 0.310 e. The van der Waals surface area contributed by atoms with Gasteiger partial charge in [0.25, 0.3) is 0 Å². The number of halogens is 2. The Kier molecular flexibility index (Phi) is 4.56. The lowest BCUT2D eigenvalue weighted by atomic mass is 10.4. The van der Waals surface area contributed by atoms with E-state index in [0.29, 0.717) is 5.25 Å². The Balaban J connectivity index is 2.55. The summed E-state index contributed by atoms with van der Waals surface area (Å²) < 4.78 is 3.06. The van der Waals surface area contributed by atoms with Crippen molar-refractivity contribution >= 4 is 50.5 Å². The van der Waals surface area contributed by atoms with Crippen LogP contribution in [0.4, 0.5) is 0 Å². The summed E-state index contributed by atoms with van der Waals surface area (Å²) in [6.07, 6.45) is 3.91. The number of rotatable bonds is 4. The molecule has 0 radical (unpaired) electrons. The molecule has 0 amide bonds. The predicted octanol–water partition coefficient (Wildman–Crippen LogP) is 4.25. The minimum atomic E-state index is -0.118. The standard InChI is InChI=1S/C12H15BrClN3S/c1-7(18-3)6-17-11(8(2)14)16-10-4-9(13)5-15-12(10)17/h4-5,7-8H,6H2,1-3H3. The Morgan fingerprint density at radius 3 is 2.83 bits per heavy atom. The van der Waals surface area contributed by atoms with Crippen LogP contribution in [0.25, 0.3) is 11.2 Å². The van der Waals surface area contributed by atoms with Crippen LogP contribution in [0.1, 0.15) is 25.0 Å². The molecule has 6 heteroatoms. The maximum Gasteiger partial charge on any atom is 0.160 e. The van der Waals surface area contributed by atoms with E-state index < -0.39 is 0 Å². The predicted molar refractivity (Wildman–Crippen MR) is 82.5 cm³/mol. The molecule has 0 N–H and O–H groups in total. The van der Waals surface area contributed by atoms with Crippen molar-refractivity contribution in [2.45, 2.75) is 31.0 Å². The molecule has 0 fully saturated rings. The second-order valence-corrected chi connectivity index (χ2v) is 7.09. The van der Waals surface area contributed by atoms with Gasteiger partial charge in [-0.05, 0) is 35.2 Å². The number of nitrogens with zero attached hydrogens (tertiary/aromatic N) is 3. The van der Waals surface area contributed by atoms with E-state index in [1.54, 1.807) is 6.20 Å². The number of pyridine rings is 1. The first-order valence-electron chi connectivity index (χ1n) is 5.71. The molecule has 0 aromatic carbocycles. The minimum absolute atomic E-state index is 0.118.